The van der Waals surface area contributed by atoms with E-state index in [1.54, 1.807) is 6.07 Å². The summed E-state index contributed by atoms with van der Waals surface area (Å²) in [5, 5.41) is 11.0. The van der Waals surface area contributed by atoms with Gasteiger partial charge in [0.25, 0.3) is 5.91 Å². The molecule has 1 aliphatic rings. The predicted octanol–water partition coefficient (Wildman–Crippen LogP) is 1.11. The lowest BCUT2D eigenvalue weighted by atomic mass is 10.1. The van der Waals surface area contributed by atoms with Crippen molar-refractivity contribution in [2.24, 2.45) is 0 Å². The van der Waals surface area contributed by atoms with Gasteiger partial charge in [0.1, 0.15) is 0 Å². The van der Waals surface area contributed by atoms with Gasteiger partial charge in [-0.3, -0.25) is 4.79 Å². The molecule has 1 fully saturated rings. The van der Waals surface area contributed by atoms with E-state index in [1.165, 1.54) is 26.2 Å². The summed E-state index contributed by atoms with van der Waals surface area (Å²) in [5.41, 5.74) is 0.706. The maximum Gasteiger partial charge on any atom is 0.340 e. The van der Waals surface area contributed by atoms with Crippen molar-refractivity contribution >= 4 is 27.6 Å². The zero-order valence-corrected chi connectivity index (χ0v) is 17.5. The summed E-state index contributed by atoms with van der Waals surface area (Å²) in [5.74, 6) is -1.29. The number of esters is 1. The van der Waals surface area contributed by atoms with E-state index >= 15 is 0 Å². The summed E-state index contributed by atoms with van der Waals surface area (Å²) >= 11 is 0. The second-order valence-corrected chi connectivity index (χ2v) is 9.00. The largest absolute Gasteiger partial charge is 0.452 e. The Morgan fingerprint density at radius 2 is 1.93 bits per heavy atom. The van der Waals surface area contributed by atoms with Gasteiger partial charge in [0.2, 0.25) is 10.0 Å². The standard InChI is InChI=1S/C19H26N4O5S/c1-22(2)29(26,27)15-7-8-17(23-11-4-3-5-12-23)16(13-15)19(25)28-14-18(24)21-10-6-9-20/h7-8,13H,3-6,10-12,14H2,1-2H3,(H,21,24). The van der Waals surface area contributed by atoms with Gasteiger partial charge in [0, 0.05) is 33.7 Å². The minimum Gasteiger partial charge on any atom is -0.452 e. The summed E-state index contributed by atoms with van der Waals surface area (Å²) in [6.45, 7) is 1.18. The Hall–Kier alpha value is -2.64. The number of hydrogen-bond donors (Lipinski definition) is 1. The number of hydrogen-bond acceptors (Lipinski definition) is 7. The van der Waals surface area contributed by atoms with Gasteiger partial charge in [-0.25, -0.2) is 17.5 Å². The first-order chi connectivity index (χ1) is 13.8. The van der Waals surface area contributed by atoms with E-state index in [-0.39, 0.29) is 23.4 Å². The van der Waals surface area contributed by atoms with Gasteiger partial charge in [0.15, 0.2) is 6.61 Å². The van der Waals surface area contributed by atoms with Crippen LogP contribution in [0.15, 0.2) is 23.1 Å². The van der Waals surface area contributed by atoms with Gasteiger partial charge in [0.05, 0.1) is 28.6 Å². The molecule has 0 atom stereocenters. The summed E-state index contributed by atoms with van der Waals surface area (Å²) in [4.78, 5) is 26.5. The Kier molecular flexibility index (Phi) is 7.99. The number of carbonyl (C=O) groups excluding carboxylic acids is 2. The lowest BCUT2D eigenvalue weighted by Gasteiger charge is -2.30. The number of nitrogens with one attached hydrogen (secondary N) is 1. The maximum atomic E-state index is 12.7. The first-order valence-electron chi connectivity index (χ1n) is 9.39. The van der Waals surface area contributed by atoms with Crippen LogP contribution in [0.25, 0.3) is 0 Å². The third-order valence-electron chi connectivity index (χ3n) is 4.56. The molecule has 0 unspecified atom stereocenters. The molecule has 1 aromatic rings. The number of benzene rings is 1. The van der Waals surface area contributed by atoms with Crippen molar-refractivity contribution in [3.63, 3.8) is 0 Å². The van der Waals surface area contributed by atoms with E-state index in [1.807, 2.05) is 11.0 Å². The first kappa shape index (κ1) is 22.6. The molecule has 158 valence electrons. The molecule has 1 N–H and O–H groups in total. The molecule has 9 nitrogen and oxygen atoms in total. The number of carbonyl (C=O) groups is 2. The highest BCUT2D eigenvalue weighted by Crippen LogP contribution is 2.28. The summed E-state index contributed by atoms with van der Waals surface area (Å²) < 4.78 is 31.1. The van der Waals surface area contributed by atoms with E-state index in [2.05, 4.69) is 5.32 Å². The van der Waals surface area contributed by atoms with Crippen LogP contribution in [-0.2, 0) is 19.6 Å². The summed E-state index contributed by atoms with van der Waals surface area (Å²) in [6, 6.07) is 6.29. The molecule has 0 bridgehead atoms. The summed E-state index contributed by atoms with van der Waals surface area (Å²) in [6.07, 6.45) is 3.22. The number of amides is 1. The van der Waals surface area contributed by atoms with Crippen molar-refractivity contribution in [1.82, 2.24) is 9.62 Å². The fourth-order valence-electron chi connectivity index (χ4n) is 2.98. The minimum atomic E-state index is -3.73. The maximum absolute atomic E-state index is 12.7. The second-order valence-electron chi connectivity index (χ2n) is 6.85. The van der Waals surface area contributed by atoms with Crippen LogP contribution < -0.4 is 10.2 Å². The molecule has 0 radical (unpaired) electrons. The molecular formula is C19H26N4O5S. The highest BCUT2D eigenvalue weighted by atomic mass is 32.2. The Labute approximate surface area is 171 Å². The third kappa shape index (κ3) is 5.92. The quantitative estimate of drug-likeness (QED) is 0.492. The fourth-order valence-corrected chi connectivity index (χ4v) is 3.91. The van der Waals surface area contributed by atoms with Crippen LogP contribution in [0, 0.1) is 11.3 Å². The van der Waals surface area contributed by atoms with E-state index in [0.717, 1.165) is 36.7 Å². The number of piperidine rings is 1. The van der Waals surface area contributed by atoms with E-state index in [9.17, 15) is 18.0 Å². The van der Waals surface area contributed by atoms with Crippen molar-refractivity contribution in [3.8, 4) is 6.07 Å². The van der Waals surface area contributed by atoms with Crippen molar-refractivity contribution in [2.75, 3.05) is 45.2 Å². The number of nitrogens with zero attached hydrogens (tertiary/aromatic N) is 3. The molecule has 2 rings (SSSR count). The molecule has 1 saturated heterocycles. The number of nitriles is 1. The van der Waals surface area contributed by atoms with Crippen molar-refractivity contribution in [2.45, 2.75) is 30.6 Å². The number of anilines is 1. The Morgan fingerprint density at radius 3 is 2.55 bits per heavy atom. The molecule has 0 aliphatic carbocycles. The smallest absolute Gasteiger partial charge is 0.340 e. The predicted molar refractivity (Wildman–Crippen MR) is 107 cm³/mol. The summed E-state index contributed by atoms with van der Waals surface area (Å²) in [7, 11) is -0.901. The van der Waals surface area contributed by atoms with Crippen molar-refractivity contribution < 1.29 is 22.7 Å². The van der Waals surface area contributed by atoms with Crippen molar-refractivity contribution in [1.29, 1.82) is 5.26 Å². The number of rotatable bonds is 8. The van der Waals surface area contributed by atoms with E-state index in [0.29, 0.717) is 5.69 Å². The highest BCUT2D eigenvalue weighted by molar-refractivity contribution is 7.89. The lowest BCUT2D eigenvalue weighted by Crippen LogP contribution is -2.32. The zero-order chi connectivity index (χ0) is 21.4. The molecule has 1 amide bonds. The van der Waals surface area contributed by atoms with Gasteiger partial charge in [-0.05, 0) is 37.5 Å². The number of sulfonamides is 1. The minimum absolute atomic E-state index is 0.0197. The molecule has 29 heavy (non-hydrogen) atoms. The molecule has 0 saturated carbocycles. The molecule has 0 aromatic heterocycles. The highest BCUT2D eigenvalue weighted by Gasteiger charge is 2.25. The van der Waals surface area contributed by atoms with E-state index in [4.69, 9.17) is 10.00 Å². The monoisotopic (exact) mass is 422 g/mol. The molecule has 1 heterocycles. The molecule has 0 spiro atoms. The topological polar surface area (TPSA) is 120 Å². The van der Waals surface area contributed by atoms with Crippen LogP contribution >= 0.6 is 0 Å². The van der Waals surface area contributed by atoms with Gasteiger partial charge < -0.3 is 15.0 Å². The average molecular weight is 423 g/mol. The molecule has 1 aromatic carbocycles. The number of ether oxygens (including phenoxy) is 1. The van der Waals surface area contributed by atoms with Gasteiger partial charge >= 0.3 is 5.97 Å². The molecular weight excluding hydrogens is 396 g/mol. The first-order valence-corrected chi connectivity index (χ1v) is 10.8. The fraction of sp³-hybridized carbons (Fsp3) is 0.526. The van der Waals surface area contributed by atoms with Crippen LogP contribution in [0.5, 0.6) is 0 Å². The zero-order valence-electron chi connectivity index (χ0n) is 16.7. The normalized spacial score (nSPS) is 14.3. The Balaban J connectivity index is 2.26. The Bertz CT molecular complexity index is 886. The van der Waals surface area contributed by atoms with E-state index < -0.39 is 28.5 Å². The lowest BCUT2D eigenvalue weighted by molar-refractivity contribution is -0.124. The van der Waals surface area contributed by atoms with Crippen LogP contribution in [0.3, 0.4) is 0 Å². The van der Waals surface area contributed by atoms with Crippen molar-refractivity contribution in [3.05, 3.63) is 23.8 Å². The third-order valence-corrected chi connectivity index (χ3v) is 6.37. The average Bonchev–Trinajstić information content (AvgIpc) is 2.72. The SMILES string of the molecule is CN(C)S(=O)(=O)c1ccc(N2CCCCC2)c(C(=O)OCC(=O)NCCC#N)c1. The molecule has 10 heteroatoms. The van der Waals surface area contributed by atoms with Crippen LogP contribution in [-0.4, -0.2) is 64.9 Å². The molecule has 1 aliphatic heterocycles. The van der Waals surface area contributed by atoms with Gasteiger partial charge in [-0.15, -0.1) is 0 Å². The van der Waals surface area contributed by atoms with Crippen LogP contribution in [0.2, 0.25) is 0 Å². The second kappa shape index (κ2) is 10.2. The van der Waals surface area contributed by atoms with Crippen LogP contribution in [0.4, 0.5) is 5.69 Å². The van der Waals surface area contributed by atoms with Gasteiger partial charge in [-0.1, -0.05) is 0 Å². The van der Waals surface area contributed by atoms with Crippen LogP contribution in [0.1, 0.15) is 36.0 Å². The van der Waals surface area contributed by atoms with Gasteiger partial charge in [-0.2, -0.15) is 5.26 Å². The Morgan fingerprint density at radius 1 is 1.24 bits per heavy atom.